The molecular weight excluding hydrogens is 759 g/mol. The molecule has 53 heavy (non-hydrogen) atoms. The number of hydrogen-bond donors (Lipinski definition) is 2. The highest BCUT2D eigenvalue weighted by Gasteiger charge is 2.38. The third-order valence-corrected chi connectivity index (χ3v) is 18.5. The molecule has 4 rings (SSSR count). The minimum Gasteiger partial charge on any atom is -0.478 e. The molecule has 0 amide bonds. The Morgan fingerprint density at radius 2 is 1.21 bits per heavy atom. The monoisotopic (exact) mass is 804 g/mol. The topological polar surface area (TPSA) is 197 Å². The normalized spacial score (nSPS) is 12.9. The molecule has 286 valence electrons. The Morgan fingerprint density at radius 1 is 0.755 bits per heavy atom. The van der Waals surface area contributed by atoms with Crippen molar-refractivity contribution < 1.29 is 37.5 Å². The SMILES string of the molecule is C/C(=C\C(=O)O)c1ncc(-c2nnc(CO[Si](C)(C)C(C)(C)C)o2)cc1Cl.CC(C)(C)[Si](C)(C)OCc1nnc(-c2cnc(/C=C/C(=O)O)c(Cl)c2)o1. The van der Waals surface area contributed by atoms with E-state index < -0.39 is 28.6 Å². The highest BCUT2D eigenvalue weighted by molar-refractivity contribution is 6.74. The van der Waals surface area contributed by atoms with Crippen LogP contribution in [0.4, 0.5) is 0 Å². The summed E-state index contributed by atoms with van der Waals surface area (Å²) in [6.45, 7) is 23.7. The van der Waals surface area contributed by atoms with E-state index in [1.165, 1.54) is 18.5 Å². The average molecular weight is 806 g/mol. The maximum Gasteiger partial charge on any atom is 0.328 e. The van der Waals surface area contributed by atoms with Crippen molar-refractivity contribution in [2.75, 3.05) is 0 Å². The van der Waals surface area contributed by atoms with E-state index in [0.717, 1.165) is 12.2 Å². The van der Waals surface area contributed by atoms with Crippen LogP contribution in [0.3, 0.4) is 0 Å². The minimum absolute atomic E-state index is 0.0878. The van der Waals surface area contributed by atoms with E-state index in [4.69, 9.17) is 51.1 Å². The summed E-state index contributed by atoms with van der Waals surface area (Å²) in [6, 6.07) is 3.22. The first kappa shape index (κ1) is 43.3. The van der Waals surface area contributed by atoms with Gasteiger partial charge >= 0.3 is 11.9 Å². The van der Waals surface area contributed by atoms with Gasteiger partial charge in [0.25, 0.3) is 0 Å². The van der Waals surface area contributed by atoms with Crippen molar-refractivity contribution in [1.29, 1.82) is 0 Å². The molecule has 4 aromatic heterocycles. The van der Waals surface area contributed by atoms with Crippen LogP contribution in [-0.4, -0.2) is 69.1 Å². The number of allylic oxidation sites excluding steroid dienone is 1. The first-order chi connectivity index (χ1) is 24.4. The number of carboxylic acid groups (broad SMARTS) is 2. The number of aliphatic carboxylic acids is 2. The smallest absolute Gasteiger partial charge is 0.328 e. The third kappa shape index (κ3) is 12.2. The fourth-order valence-corrected chi connectivity index (χ4v) is 6.09. The van der Waals surface area contributed by atoms with E-state index in [9.17, 15) is 9.59 Å². The average Bonchev–Trinajstić information content (AvgIpc) is 3.71. The van der Waals surface area contributed by atoms with E-state index in [2.05, 4.69) is 98.1 Å². The molecule has 0 aliphatic heterocycles. The first-order valence-corrected chi connectivity index (χ1v) is 23.0. The van der Waals surface area contributed by atoms with Gasteiger partial charge < -0.3 is 27.9 Å². The number of halogens is 2. The summed E-state index contributed by atoms with van der Waals surface area (Å²) in [4.78, 5) is 29.7. The number of nitrogens with zero attached hydrogens (tertiary/aromatic N) is 6. The number of rotatable bonds is 12. The largest absolute Gasteiger partial charge is 0.478 e. The molecule has 18 heteroatoms. The van der Waals surface area contributed by atoms with E-state index in [-0.39, 0.29) is 40.1 Å². The van der Waals surface area contributed by atoms with Gasteiger partial charge in [-0.1, -0.05) is 64.7 Å². The summed E-state index contributed by atoms with van der Waals surface area (Å²) in [6.07, 6.45) is 6.36. The molecule has 0 saturated heterocycles. The van der Waals surface area contributed by atoms with Crippen LogP contribution < -0.4 is 0 Å². The van der Waals surface area contributed by atoms with E-state index >= 15 is 0 Å². The van der Waals surface area contributed by atoms with Gasteiger partial charge in [-0.25, -0.2) is 9.59 Å². The molecule has 0 bridgehead atoms. The second kappa shape index (κ2) is 17.4. The van der Waals surface area contributed by atoms with E-state index in [1.807, 2.05) is 0 Å². The van der Waals surface area contributed by atoms with Gasteiger partial charge in [0.15, 0.2) is 16.6 Å². The van der Waals surface area contributed by atoms with Gasteiger partial charge in [0.1, 0.15) is 13.2 Å². The van der Waals surface area contributed by atoms with Crippen molar-refractivity contribution in [2.24, 2.45) is 0 Å². The highest BCUT2D eigenvalue weighted by atomic mass is 35.5. The predicted octanol–water partition coefficient (Wildman–Crippen LogP) is 9.20. The molecule has 0 atom stereocenters. The molecule has 0 unspecified atom stereocenters. The summed E-state index contributed by atoms with van der Waals surface area (Å²) >= 11 is 12.4. The summed E-state index contributed by atoms with van der Waals surface area (Å²) in [5.41, 5.74) is 2.29. The van der Waals surface area contributed by atoms with Gasteiger partial charge in [-0.2, -0.15) is 0 Å². The number of hydrogen-bond acceptors (Lipinski definition) is 12. The lowest BCUT2D eigenvalue weighted by Gasteiger charge is -2.35. The summed E-state index contributed by atoms with van der Waals surface area (Å²) in [5.74, 6) is -0.799. The number of carbonyl (C=O) groups is 2. The number of aromatic nitrogens is 6. The van der Waals surface area contributed by atoms with Crippen molar-refractivity contribution in [3.63, 3.8) is 0 Å². The minimum atomic E-state index is -1.92. The Hall–Kier alpha value is -4.07. The summed E-state index contributed by atoms with van der Waals surface area (Å²) in [5, 5.41) is 34.3. The molecule has 0 spiro atoms. The second-order valence-corrected chi connectivity index (χ2v) is 25.5. The molecule has 4 heterocycles. The number of carboxylic acids is 2. The molecule has 0 radical (unpaired) electrons. The maximum absolute atomic E-state index is 10.8. The fraction of sp³-hybridized carbons (Fsp3) is 0.429. The van der Waals surface area contributed by atoms with Gasteiger partial charge in [0, 0.05) is 24.5 Å². The van der Waals surface area contributed by atoms with E-state index in [0.29, 0.717) is 44.9 Å². The van der Waals surface area contributed by atoms with Gasteiger partial charge in [0.05, 0.1) is 32.6 Å². The lowest BCUT2D eigenvalue weighted by atomic mass is 10.1. The summed E-state index contributed by atoms with van der Waals surface area (Å²) in [7, 11) is -3.83. The molecule has 0 fully saturated rings. The molecule has 0 aliphatic rings. The Bertz CT molecular complexity index is 1980. The standard InChI is InChI=1S/C18H24ClN3O4Si.C17H22ClN3O4Si/c1-11(7-15(23)24)16-13(19)8-12(9-20-16)17-22-21-14(26-17)10-25-27(5,6)18(2,3)4;1-17(2,3)26(4,5)24-10-14-20-21-16(25-14)11-8-12(18)13(19-9-11)6-7-15(22)23/h7-9H,10H2,1-6H3,(H,23,24);6-9H,10H2,1-5H3,(H,22,23)/b11-7+;7-6+. The fourth-order valence-electron chi connectivity index (χ4n) is 3.71. The first-order valence-electron chi connectivity index (χ1n) is 16.5. The van der Waals surface area contributed by atoms with Gasteiger partial charge in [-0.15, -0.1) is 20.4 Å². The van der Waals surface area contributed by atoms with E-state index in [1.54, 1.807) is 19.1 Å². The zero-order valence-electron chi connectivity index (χ0n) is 31.7. The van der Waals surface area contributed by atoms with Crippen molar-refractivity contribution in [3.8, 4) is 22.9 Å². The Labute approximate surface area is 320 Å². The van der Waals surface area contributed by atoms with Crippen LogP contribution in [0.5, 0.6) is 0 Å². The van der Waals surface area contributed by atoms with Gasteiger partial charge in [-0.05, 0) is 67.0 Å². The highest BCUT2D eigenvalue weighted by Crippen LogP contribution is 2.38. The number of pyridine rings is 2. The van der Waals surface area contributed by atoms with Crippen molar-refractivity contribution in [2.45, 2.75) is 97.9 Å². The van der Waals surface area contributed by atoms with Crippen LogP contribution in [0.1, 0.15) is 71.6 Å². The van der Waals surface area contributed by atoms with Crippen LogP contribution in [-0.2, 0) is 31.7 Å². The Morgan fingerprint density at radius 3 is 1.60 bits per heavy atom. The maximum atomic E-state index is 10.8. The Balaban J connectivity index is 0.000000286. The molecule has 0 aromatic carbocycles. The summed E-state index contributed by atoms with van der Waals surface area (Å²) < 4.78 is 23.4. The second-order valence-electron chi connectivity index (χ2n) is 15.1. The van der Waals surface area contributed by atoms with Crippen molar-refractivity contribution >= 4 is 63.4 Å². The lowest BCUT2D eigenvalue weighted by molar-refractivity contribution is -0.132. The lowest BCUT2D eigenvalue weighted by Crippen LogP contribution is -2.40. The van der Waals surface area contributed by atoms with Crippen LogP contribution in [0.25, 0.3) is 34.6 Å². The molecule has 14 nitrogen and oxygen atoms in total. The zero-order valence-corrected chi connectivity index (χ0v) is 35.3. The zero-order chi connectivity index (χ0) is 39.9. The molecule has 4 aromatic rings. The quantitative estimate of drug-likeness (QED) is 0.101. The van der Waals surface area contributed by atoms with Crippen LogP contribution >= 0.6 is 23.2 Å². The van der Waals surface area contributed by atoms with Gasteiger partial charge in [0.2, 0.25) is 23.6 Å². The third-order valence-electron chi connectivity index (χ3n) is 8.96. The van der Waals surface area contributed by atoms with Crippen molar-refractivity contribution in [3.05, 3.63) is 69.9 Å². The molecular formula is C35H46Cl2N6O8Si2. The van der Waals surface area contributed by atoms with Crippen LogP contribution in [0.15, 0.2) is 45.5 Å². The van der Waals surface area contributed by atoms with Crippen molar-refractivity contribution in [1.82, 2.24) is 30.4 Å². The predicted molar refractivity (Wildman–Crippen MR) is 207 cm³/mol. The molecule has 2 N–H and O–H groups in total. The molecule has 0 saturated carbocycles. The van der Waals surface area contributed by atoms with Crippen LogP contribution in [0, 0.1) is 0 Å². The van der Waals surface area contributed by atoms with Gasteiger partial charge in [-0.3, -0.25) is 9.97 Å². The Kier molecular flexibility index (Phi) is 14.2. The molecule has 0 aliphatic carbocycles. The van der Waals surface area contributed by atoms with Crippen LogP contribution in [0.2, 0.25) is 46.3 Å².